The van der Waals surface area contributed by atoms with Gasteiger partial charge in [0.2, 0.25) is 5.95 Å². The van der Waals surface area contributed by atoms with Crippen molar-refractivity contribution in [2.45, 2.75) is 31.7 Å². The molecule has 0 aliphatic carbocycles. The summed E-state index contributed by atoms with van der Waals surface area (Å²) in [6.07, 6.45) is 4.30. The molecule has 2 aromatic carbocycles. The van der Waals surface area contributed by atoms with Crippen LogP contribution in [0.5, 0.6) is 0 Å². The topological polar surface area (TPSA) is 66.3 Å². The van der Waals surface area contributed by atoms with Crippen molar-refractivity contribution in [3.8, 4) is 0 Å². The summed E-state index contributed by atoms with van der Waals surface area (Å²) in [6, 6.07) is 14.7. The number of hydrogen-bond donors (Lipinski definition) is 1. The fraction of sp³-hybridized carbons (Fsp3) is 0.261. The van der Waals surface area contributed by atoms with Crippen LogP contribution in [-0.4, -0.2) is 27.6 Å². The van der Waals surface area contributed by atoms with Crippen molar-refractivity contribution in [3.63, 3.8) is 0 Å². The summed E-state index contributed by atoms with van der Waals surface area (Å²) in [5.74, 6) is -0.815. The number of aromatic carboxylic acids is 1. The van der Waals surface area contributed by atoms with Gasteiger partial charge in [0.1, 0.15) is 5.82 Å². The molecule has 154 valence electrons. The number of hydrogen-bond acceptors (Lipinski definition) is 4. The van der Waals surface area contributed by atoms with Crippen molar-refractivity contribution in [2.24, 2.45) is 0 Å². The second-order valence-corrected chi connectivity index (χ2v) is 8.28. The van der Waals surface area contributed by atoms with Crippen LogP contribution < -0.4 is 4.90 Å². The lowest BCUT2D eigenvalue weighted by molar-refractivity contribution is 0.0694. The minimum atomic E-state index is -1.05. The third-order valence-electron chi connectivity index (χ3n) is 5.39. The van der Waals surface area contributed by atoms with Gasteiger partial charge in [-0.1, -0.05) is 40.2 Å². The lowest BCUT2D eigenvalue weighted by atomic mass is 10.0. The molecule has 0 amide bonds. The van der Waals surface area contributed by atoms with Crippen LogP contribution in [0, 0.1) is 5.82 Å². The molecule has 30 heavy (non-hydrogen) atoms. The number of halogens is 2. The van der Waals surface area contributed by atoms with Crippen LogP contribution in [0.3, 0.4) is 0 Å². The number of benzene rings is 2. The number of carboxylic acid groups (broad SMARTS) is 1. The standard InChI is InChI=1S/C23H21BrFN3O2/c24-17-9-7-16(8-10-17)21-5-2-12-28(21)23-26-14-19(22(29)30)20(27-23)11-6-15-3-1-4-18(25)13-15/h1,3-4,7-10,13-14,21H,2,5-6,11-12H2,(H,29,30)/t21-/m0/s1. The highest BCUT2D eigenvalue weighted by molar-refractivity contribution is 9.10. The number of aryl methyl sites for hydroxylation is 2. The molecule has 0 saturated carbocycles. The Kier molecular flexibility index (Phi) is 6.08. The van der Waals surface area contributed by atoms with Gasteiger partial charge >= 0.3 is 5.97 Å². The van der Waals surface area contributed by atoms with Crippen LogP contribution in [-0.2, 0) is 12.8 Å². The Morgan fingerprint density at radius 2 is 2.00 bits per heavy atom. The van der Waals surface area contributed by atoms with Gasteiger partial charge in [-0.15, -0.1) is 0 Å². The fourth-order valence-electron chi connectivity index (χ4n) is 3.91. The van der Waals surface area contributed by atoms with Crippen molar-refractivity contribution < 1.29 is 14.3 Å². The Labute approximate surface area is 182 Å². The Morgan fingerprint density at radius 3 is 2.73 bits per heavy atom. The van der Waals surface area contributed by atoms with E-state index in [1.54, 1.807) is 6.07 Å². The molecule has 1 aromatic heterocycles. The predicted octanol–water partition coefficient (Wildman–Crippen LogP) is 5.20. The van der Waals surface area contributed by atoms with Gasteiger partial charge in [0, 0.05) is 17.2 Å². The largest absolute Gasteiger partial charge is 0.478 e. The number of rotatable bonds is 6. The molecular weight excluding hydrogens is 449 g/mol. The zero-order chi connectivity index (χ0) is 21.1. The molecule has 1 fully saturated rings. The second kappa shape index (κ2) is 8.92. The van der Waals surface area contributed by atoms with Crippen LogP contribution in [0.4, 0.5) is 10.3 Å². The predicted molar refractivity (Wildman–Crippen MR) is 116 cm³/mol. The summed E-state index contributed by atoms with van der Waals surface area (Å²) in [6.45, 7) is 0.816. The maximum absolute atomic E-state index is 13.5. The van der Waals surface area contributed by atoms with E-state index in [9.17, 15) is 14.3 Å². The Bertz CT molecular complexity index is 1060. The molecular formula is C23H21BrFN3O2. The summed E-state index contributed by atoms with van der Waals surface area (Å²) in [5, 5.41) is 9.56. The minimum absolute atomic E-state index is 0.0922. The van der Waals surface area contributed by atoms with Crippen LogP contribution in [0.25, 0.3) is 0 Å². The van der Waals surface area contributed by atoms with Gasteiger partial charge in [0.05, 0.1) is 17.3 Å². The van der Waals surface area contributed by atoms with Crippen molar-refractivity contribution in [1.29, 1.82) is 0 Å². The monoisotopic (exact) mass is 469 g/mol. The molecule has 4 rings (SSSR count). The Morgan fingerprint density at radius 1 is 1.20 bits per heavy atom. The van der Waals surface area contributed by atoms with E-state index in [0.717, 1.165) is 29.4 Å². The fourth-order valence-corrected chi connectivity index (χ4v) is 4.17. The normalized spacial score (nSPS) is 16.1. The Hall–Kier alpha value is -2.80. The molecule has 7 heteroatoms. The lowest BCUT2D eigenvalue weighted by Crippen LogP contribution is -2.25. The first kappa shape index (κ1) is 20.5. The number of carboxylic acids is 1. The van der Waals surface area contributed by atoms with E-state index < -0.39 is 5.97 Å². The van der Waals surface area contributed by atoms with E-state index in [-0.39, 0.29) is 17.4 Å². The zero-order valence-electron chi connectivity index (χ0n) is 16.3. The smallest absolute Gasteiger partial charge is 0.339 e. The summed E-state index contributed by atoms with van der Waals surface area (Å²) >= 11 is 3.47. The van der Waals surface area contributed by atoms with E-state index >= 15 is 0 Å². The second-order valence-electron chi connectivity index (χ2n) is 7.37. The van der Waals surface area contributed by atoms with Crippen LogP contribution in [0.1, 0.15) is 46.1 Å². The van der Waals surface area contributed by atoms with Gasteiger partial charge in [-0.3, -0.25) is 0 Å². The summed E-state index contributed by atoms with van der Waals surface area (Å²) in [4.78, 5) is 22.8. The molecule has 0 radical (unpaired) electrons. The van der Waals surface area contributed by atoms with Crippen molar-refractivity contribution in [3.05, 3.63) is 87.4 Å². The van der Waals surface area contributed by atoms with Crippen molar-refractivity contribution in [2.75, 3.05) is 11.4 Å². The Balaban J connectivity index is 1.61. The third kappa shape index (κ3) is 4.51. The van der Waals surface area contributed by atoms with E-state index in [1.807, 2.05) is 18.2 Å². The SMILES string of the molecule is O=C(O)c1cnc(N2CCC[C@H]2c2ccc(Br)cc2)nc1CCc1cccc(F)c1. The summed E-state index contributed by atoms with van der Waals surface area (Å²) in [7, 11) is 0. The van der Waals surface area contributed by atoms with Crippen LogP contribution in [0.15, 0.2) is 59.2 Å². The van der Waals surface area contributed by atoms with Gasteiger partial charge in [0.25, 0.3) is 0 Å². The van der Waals surface area contributed by atoms with Crippen molar-refractivity contribution in [1.82, 2.24) is 9.97 Å². The molecule has 2 heterocycles. The quantitative estimate of drug-likeness (QED) is 0.536. The average molecular weight is 470 g/mol. The van der Waals surface area contributed by atoms with Crippen molar-refractivity contribution >= 4 is 27.8 Å². The maximum atomic E-state index is 13.5. The highest BCUT2D eigenvalue weighted by Crippen LogP contribution is 2.35. The molecule has 5 nitrogen and oxygen atoms in total. The molecule has 1 saturated heterocycles. The molecule has 1 atom stereocenters. The minimum Gasteiger partial charge on any atom is -0.478 e. The summed E-state index contributed by atoms with van der Waals surface area (Å²) < 4.78 is 14.5. The zero-order valence-corrected chi connectivity index (χ0v) is 17.8. The van der Waals surface area contributed by atoms with E-state index in [0.29, 0.717) is 24.5 Å². The highest BCUT2D eigenvalue weighted by Gasteiger charge is 2.29. The van der Waals surface area contributed by atoms with E-state index in [2.05, 4.69) is 42.9 Å². The molecule has 1 N–H and O–H groups in total. The first-order valence-corrected chi connectivity index (χ1v) is 10.7. The number of nitrogens with zero attached hydrogens (tertiary/aromatic N) is 3. The van der Waals surface area contributed by atoms with Gasteiger partial charge in [0.15, 0.2) is 0 Å². The summed E-state index contributed by atoms with van der Waals surface area (Å²) in [5.41, 5.74) is 2.55. The van der Waals surface area contributed by atoms with Crippen LogP contribution >= 0.6 is 15.9 Å². The molecule has 1 aliphatic rings. The number of aromatic nitrogens is 2. The number of anilines is 1. The highest BCUT2D eigenvalue weighted by atomic mass is 79.9. The van der Waals surface area contributed by atoms with Gasteiger partial charge < -0.3 is 10.0 Å². The maximum Gasteiger partial charge on any atom is 0.339 e. The molecule has 3 aromatic rings. The van der Waals surface area contributed by atoms with Gasteiger partial charge in [-0.25, -0.2) is 19.2 Å². The van der Waals surface area contributed by atoms with Gasteiger partial charge in [-0.2, -0.15) is 0 Å². The van der Waals surface area contributed by atoms with Crippen LogP contribution in [0.2, 0.25) is 0 Å². The van der Waals surface area contributed by atoms with E-state index in [4.69, 9.17) is 0 Å². The first-order valence-electron chi connectivity index (χ1n) is 9.87. The number of carbonyl (C=O) groups is 1. The lowest BCUT2D eigenvalue weighted by Gasteiger charge is -2.25. The molecule has 0 unspecified atom stereocenters. The molecule has 1 aliphatic heterocycles. The molecule has 0 bridgehead atoms. The van der Waals surface area contributed by atoms with Gasteiger partial charge in [-0.05, 0) is 61.1 Å². The average Bonchev–Trinajstić information content (AvgIpc) is 3.22. The van der Waals surface area contributed by atoms with E-state index in [1.165, 1.54) is 23.9 Å². The molecule has 0 spiro atoms. The third-order valence-corrected chi connectivity index (χ3v) is 5.92. The first-order chi connectivity index (χ1) is 14.5.